The van der Waals surface area contributed by atoms with E-state index in [-0.39, 0.29) is 17.5 Å². The molecule has 0 spiro atoms. The highest BCUT2D eigenvalue weighted by atomic mass is 32.2. The zero-order chi connectivity index (χ0) is 14.6. The number of aromatic nitrogens is 2. The number of sulfone groups is 1. The maximum atomic E-state index is 11.7. The molecule has 4 rings (SSSR count). The van der Waals surface area contributed by atoms with Gasteiger partial charge in [-0.1, -0.05) is 0 Å². The molecular formula is C14H17N3O2S2. The van der Waals surface area contributed by atoms with Gasteiger partial charge in [0, 0.05) is 18.0 Å². The molecule has 0 N–H and O–H groups in total. The van der Waals surface area contributed by atoms with E-state index in [9.17, 15) is 8.42 Å². The molecule has 2 aromatic heterocycles. The molecule has 7 heteroatoms. The van der Waals surface area contributed by atoms with Crippen LogP contribution in [0.1, 0.15) is 23.3 Å². The van der Waals surface area contributed by atoms with Crippen LogP contribution in [0.5, 0.6) is 0 Å². The summed E-state index contributed by atoms with van der Waals surface area (Å²) in [6.07, 6.45) is 5.72. The molecule has 0 bridgehead atoms. The summed E-state index contributed by atoms with van der Waals surface area (Å²) in [5, 5.41) is 1.15. The van der Waals surface area contributed by atoms with E-state index in [0.717, 1.165) is 28.9 Å². The molecule has 2 aliphatic rings. The predicted octanol–water partition coefficient (Wildman–Crippen LogP) is 1.80. The van der Waals surface area contributed by atoms with Crippen molar-refractivity contribution in [3.63, 3.8) is 0 Å². The number of nitrogens with zero attached hydrogens (tertiary/aromatic N) is 3. The fraction of sp³-hybridized carbons (Fsp3) is 0.571. The monoisotopic (exact) mass is 323 g/mol. The van der Waals surface area contributed by atoms with E-state index in [0.29, 0.717) is 6.42 Å². The van der Waals surface area contributed by atoms with Crippen LogP contribution in [0.2, 0.25) is 0 Å². The van der Waals surface area contributed by atoms with Crippen molar-refractivity contribution >= 4 is 37.2 Å². The zero-order valence-electron chi connectivity index (χ0n) is 11.9. The van der Waals surface area contributed by atoms with Crippen molar-refractivity contribution in [2.24, 2.45) is 0 Å². The van der Waals surface area contributed by atoms with E-state index in [1.165, 1.54) is 16.9 Å². The second-order valence-corrected chi connectivity index (χ2v) is 9.21. The molecule has 1 saturated heterocycles. The maximum Gasteiger partial charge on any atom is 0.152 e. The van der Waals surface area contributed by atoms with Gasteiger partial charge in [0.1, 0.15) is 17.0 Å². The predicted molar refractivity (Wildman–Crippen MR) is 84.9 cm³/mol. The SMILES string of the molecule is CN(c1ncnc2sc3c(c12)CCC3)[C@H]1CCS(=O)(=O)C1. The highest BCUT2D eigenvalue weighted by Gasteiger charge is 2.33. The number of anilines is 1. The van der Waals surface area contributed by atoms with Crippen LogP contribution in [0.4, 0.5) is 5.82 Å². The molecule has 21 heavy (non-hydrogen) atoms. The van der Waals surface area contributed by atoms with E-state index in [1.807, 2.05) is 7.05 Å². The molecule has 1 aliphatic heterocycles. The molecule has 1 fully saturated rings. The Morgan fingerprint density at radius 3 is 2.95 bits per heavy atom. The minimum Gasteiger partial charge on any atom is -0.355 e. The van der Waals surface area contributed by atoms with Crippen molar-refractivity contribution in [2.75, 3.05) is 23.5 Å². The Balaban J connectivity index is 1.80. The van der Waals surface area contributed by atoms with E-state index in [1.54, 1.807) is 17.7 Å². The van der Waals surface area contributed by atoms with Crippen LogP contribution in [0.25, 0.3) is 10.2 Å². The molecule has 0 saturated carbocycles. The quantitative estimate of drug-likeness (QED) is 0.843. The lowest BCUT2D eigenvalue weighted by atomic mass is 10.1. The number of fused-ring (bicyclic) bond motifs is 3. The third-order valence-electron chi connectivity index (χ3n) is 4.57. The van der Waals surface area contributed by atoms with Crippen molar-refractivity contribution < 1.29 is 8.42 Å². The molecule has 0 amide bonds. The van der Waals surface area contributed by atoms with E-state index < -0.39 is 9.84 Å². The third kappa shape index (κ3) is 2.14. The Hall–Kier alpha value is -1.21. The fourth-order valence-electron chi connectivity index (χ4n) is 3.43. The topological polar surface area (TPSA) is 63.2 Å². The van der Waals surface area contributed by atoms with Gasteiger partial charge < -0.3 is 4.90 Å². The summed E-state index contributed by atoms with van der Waals surface area (Å²) in [5.74, 6) is 1.43. The van der Waals surface area contributed by atoms with Gasteiger partial charge in [-0.2, -0.15) is 0 Å². The Kier molecular flexibility index (Phi) is 2.97. The lowest BCUT2D eigenvalue weighted by Gasteiger charge is -2.25. The second kappa shape index (κ2) is 4.64. The molecule has 2 aromatic rings. The van der Waals surface area contributed by atoms with E-state index in [4.69, 9.17) is 0 Å². The van der Waals surface area contributed by atoms with Crippen molar-refractivity contribution in [1.29, 1.82) is 0 Å². The summed E-state index contributed by atoms with van der Waals surface area (Å²) in [6.45, 7) is 0. The lowest BCUT2D eigenvalue weighted by Crippen LogP contribution is -2.33. The maximum absolute atomic E-state index is 11.7. The molecule has 1 aliphatic carbocycles. The number of aryl methyl sites for hydroxylation is 2. The average Bonchev–Trinajstić information content (AvgIpc) is 3.10. The van der Waals surface area contributed by atoms with Gasteiger partial charge in [0.2, 0.25) is 0 Å². The third-order valence-corrected chi connectivity index (χ3v) is 7.52. The summed E-state index contributed by atoms with van der Waals surface area (Å²) in [7, 11) is -0.918. The first-order valence-corrected chi connectivity index (χ1v) is 9.87. The number of rotatable bonds is 2. The van der Waals surface area contributed by atoms with Crippen LogP contribution in [-0.2, 0) is 22.7 Å². The summed E-state index contributed by atoms with van der Waals surface area (Å²) >= 11 is 1.76. The van der Waals surface area contributed by atoms with Crippen molar-refractivity contribution in [3.05, 3.63) is 16.8 Å². The van der Waals surface area contributed by atoms with Crippen LogP contribution in [-0.4, -0.2) is 43.0 Å². The van der Waals surface area contributed by atoms with Crippen LogP contribution < -0.4 is 4.90 Å². The summed E-state index contributed by atoms with van der Waals surface area (Å²) in [5.41, 5.74) is 1.39. The Morgan fingerprint density at radius 2 is 2.19 bits per heavy atom. The van der Waals surface area contributed by atoms with E-state index >= 15 is 0 Å². The number of hydrogen-bond acceptors (Lipinski definition) is 6. The molecule has 112 valence electrons. The van der Waals surface area contributed by atoms with Crippen molar-refractivity contribution in [2.45, 2.75) is 31.7 Å². The van der Waals surface area contributed by atoms with Crippen LogP contribution in [0.15, 0.2) is 6.33 Å². The highest BCUT2D eigenvalue weighted by molar-refractivity contribution is 7.91. The van der Waals surface area contributed by atoms with Gasteiger partial charge in [0.25, 0.3) is 0 Å². The first-order chi connectivity index (χ1) is 10.1. The van der Waals surface area contributed by atoms with Gasteiger partial charge in [0.05, 0.1) is 16.9 Å². The van der Waals surface area contributed by atoms with Gasteiger partial charge in [-0.25, -0.2) is 18.4 Å². The van der Waals surface area contributed by atoms with Crippen LogP contribution in [0, 0.1) is 0 Å². The lowest BCUT2D eigenvalue weighted by molar-refractivity contribution is 0.600. The van der Waals surface area contributed by atoms with Gasteiger partial charge >= 0.3 is 0 Å². The van der Waals surface area contributed by atoms with Crippen molar-refractivity contribution in [1.82, 2.24) is 9.97 Å². The van der Waals surface area contributed by atoms with Gasteiger partial charge in [0.15, 0.2) is 9.84 Å². The van der Waals surface area contributed by atoms with Crippen LogP contribution >= 0.6 is 11.3 Å². The minimum atomic E-state index is -2.88. The summed E-state index contributed by atoms with van der Waals surface area (Å²) in [4.78, 5) is 13.4. The summed E-state index contributed by atoms with van der Waals surface area (Å²) < 4.78 is 23.4. The first kappa shape index (κ1) is 13.5. The minimum absolute atomic E-state index is 0.0325. The largest absolute Gasteiger partial charge is 0.355 e. The first-order valence-electron chi connectivity index (χ1n) is 7.24. The fourth-order valence-corrected chi connectivity index (χ4v) is 6.43. The highest BCUT2D eigenvalue weighted by Crippen LogP contribution is 2.40. The van der Waals surface area contributed by atoms with Crippen molar-refractivity contribution in [3.8, 4) is 0 Å². The van der Waals surface area contributed by atoms with Gasteiger partial charge in [-0.3, -0.25) is 0 Å². The molecule has 1 atom stereocenters. The second-order valence-electron chi connectivity index (χ2n) is 5.90. The summed E-state index contributed by atoms with van der Waals surface area (Å²) in [6, 6.07) is 0.0325. The molecular weight excluding hydrogens is 306 g/mol. The molecule has 0 aromatic carbocycles. The Bertz CT molecular complexity index is 813. The Morgan fingerprint density at radius 1 is 1.33 bits per heavy atom. The molecule has 0 radical (unpaired) electrons. The smallest absolute Gasteiger partial charge is 0.152 e. The normalized spacial score (nSPS) is 23.6. The standard InChI is InChI=1S/C14H17N3O2S2/c1-17(9-5-6-21(18,19)7-9)13-12-10-3-2-4-11(10)20-14(12)16-8-15-13/h8-9H,2-7H2,1H3/t9-/m0/s1. The number of thiophene rings is 1. The Labute approximate surface area is 127 Å². The molecule has 5 nitrogen and oxygen atoms in total. The number of hydrogen-bond donors (Lipinski definition) is 0. The van der Waals surface area contributed by atoms with Gasteiger partial charge in [-0.15, -0.1) is 11.3 Å². The molecule has 0 unspecified atom stereocenters. The average molecular weight is 323 g/mol. The zero-order valence-corrected chi connectivity index (χ0v) is 13.5. The van der Waals surface area contributed by atoms with Crippen LogP contribution in [0.3, 0.4) is 0 Å². The van der Waals surface area contributed by atoms with E-state index in [2.05, 4.69) is 14.9 Å². The van der Waals surface area contributed by atoms with Gasteiger partial charge in [-0.05, 0) is 31.2 Å². The molecule has 3 heterocycles.